The average Bonchev–Trinajstić information content (AvgIpc) is 3.13. The first-order valence-corrected chi connectivity index (χ1v) is 8.62. The Kier molecular flexibility index (Phi) is 5.90. The second-order valence-electron chi connectivity index (χ2n) is 6.26. The molecule has 0 spiro atoms. The number of hydrogen-bond acceptors (Lipinski definition) is 3. The maximum atomic E-state index is 6.10. The van der Waals surface area contributed by atoms with Crippen LogP contribution in [0.1, 0.15) is 23.1 Å². The van der Waals surface area contributed by atoms with E-state index in [1.807, 2.05) is 30.3 Å². The minimum absolute atomic E-state index is 0.129. The highest BCUT2D eigenvalue weighted by Gasteiger charge is 2.18. The number of rotatable bonds is 6. The number of guanidine groups is 1. The van der Waals surface area contributed by atoms with E-state index >= 15 is 0 Å². The third-order valence-electron chi connectivity index (χ3n) is 4.14. The van der Waals surface area contributed by atoms with Crippen LogP contribution in [-0.4, -0.2) is 25.3 Å². The molecule has 5 nitrogen and oxygen atoms in total. The zero-order valence-electron chi connectivity index (χ0n) is 14.6. The molecule has 0 radical (unpaired) electrons. The fourth-order valence-electron chi connectivity index (χ4n) is 2.70. The van der Waals surface area contributed by atoms with Crippen LogP contribution in [0.3, 0.4) is 0 Å². The smallest absolute Gasteiger partial charge is 0.189 e. The van der Waals surface area contributed by atoms with Crippen molar-refractivity contribution in [3.8, 4) is 5.75 Å². The molecular formula is C20H25N3O2. The number of aliphatic imine (C=N–C) groups is 1. The largest absolute Gasteiger partial charge is 0.488 e. The molecule has 0 unspecified atom stereocenters. The van der Waals surface area contributed by atoms with Crippen molar-refractivity contribution in [2.45, 2.75) is 32.5 Å². The Balaban J connectivity index is 1.59. The highest BCUT2D eigenvalue weighted by molar-refractivity contribution is 5.77. The lowest BCUT2D eigenvalue weighted by Crippen LogP contribution is -2.31. The summed E-state index contributed by atoms with van der Waals surface area (Å²) in [5, 5.41) is 3.17. The van der Waals surface area contributed by atoms with Crippen LogP contribution in [0.25, 0.3) is 0 Å². The summed E-state index contributed by atoms with van der Waals surface area (Å²) in [6.07, 6.45) is 1.06. The van der Waals surface area contributed by atoms with Gasteiger partial charge in [0, 0.05) is 18.5 Å². The Labute approximate surface area is 148 Å². The molecule has 0 aromatic heterocycles. The number of nitrogens with one attached hydrogen (secondary N) is 1. The van der Waals surface area contributed by atoms with Crippen molar-refractivity contribution in [2.24, 2.45) is 10.7 Å². The van der Waals surface area contributed by atoms with E-state index in [4.69, 9.17) is 15.2 Å². The van der Waals surface area contributed by atoms with E-state index in [1.165, 1.54) is 5.56 Å². The molecule has 132 valence electrons. The van der Waals surface area contributed by atoms with Gasteiger partial charge in [0.1, 0.15) is 11.9 Å². The first-order chi connectivity index (χ1) is 12.2. The van der Waals surface area contributed by atoms with Gasteiger partial charge in [-0.25, -0.2) is 4.99 Å². The molecule has 2 aromatic rings. The summed E-state index contributed by atoms with van der Waals surface area (Å²) in [6.45, 7) is 4.62. The van der Waals surface area contributed by atoms with Crippen LogP contribution in [-0.2, 0) is 17.8 Å². The number of nitrogens with two attached hydrogens (primary N) is 1. The summed E-state index contributed by atoms with van der Waals surface area (Å²) in [4.78, 5) is 4.38. The van der Waals surface area contributed by atoms with Crippen LogP contribution in [0.5, 0.6) is 5.75 Å². The maximum absolute atomic E-state index is 6.10. The van der Waals surface area contributed by atoms with Crippen molar-refractivity contribution in [1.29, 1.82) is 0 Å². The van der Waals surface area contributed by atoms with E-state index in [1.54, 1.807) is 0 Å². The molecule has 0 amide bonds. The van der Waals surface area contributed by atoms with Crippen molar-refractivity contribution < 1.29 is 9.47 Å². The lowest BCUT2D eigenvalue weighted by Gasteiger charge is -2.17. The standard InChI is InChI=1S/C20H25N3O2/c1-15-7-8-17(19(11-15)25-18-9-10-24-14-18)13-23-20(21)22-12-16-5-3-2-4-6-16/h2-8,11,18H,9-10,12-14H2,1H3,(H3,21,22,23)/t18-/m0/s1. The Hall–Kier alpha value is -2.53. The van der Waals surface area contributed by atoms with Crippen LogP contribution in [0.2, 0.25) is 0 Å². The van der Waals surface area contributed by atoms with Crippen LogP contribution in [0, 0.1) is 6.92 Å². The molecule has 1 fully saturated rings. The van der Waals surface area contributed by atoms with Crippen LogP contribution >= 0.6 is 0 Å². The molecule has 1 atom stereocenters. The zero-order valence-corrected chi connectivity index (χ0v) is 14.6. The van der Waals surface area contributed by atoms with Gasteiger partial charge in [0.15, 0.2) is 5.96 Å². The minimum atomic E-state index is 0.129. The number of hydrogen-bond donors (Lipinski definition) is 2. The first-order valence-electron chi connectivity index (χ1n) is 8.62. The topological polar surface area (TPSA) is 68.9 Å². The summed E-state index contributed by atoms with van der Waals surface area (Å²) < 4.78 is 11.5. The summed E-state index contributed by atoms with van der Waals surface area (Å²) in [5.41, 5.74) is 9.36. The van der Waals surface area contributed by atoms with Crippen molar-refractivity contribution in [1.82, 2.24) is 5.32 Å². The van der Waals surface area contributed by atoms with Gasteiger partial charge < -0.3 is 20.5 Å². The Morgan fingerprint density at radius 2 is 2.12 bits per heavy atom. The fourth-order valence-corrected chi connectivity index (χ4v) is 2.70. The van der Waals surface area contributed by atoms with Crippen molar-refractivity contribution in [3.05, 3.63) is 65.2 Å². The Morgan fingerprint density at radius 3 is 2.88 bits per heavy atom. The number of nitrogens with zero attached hydrogens (tertiary/aromatic N) is 1. The zero-order chi connectivity index (χ0) is 17.5. The summed E-state index contributed by atoms with van der Waals surface area (Å²) >= 11 is 0. The third kappa shape index (κ3) is 5.22. The first kappa shape index (κ1) is 17.3. The minimum Gasteiger partial charge on any atom is -0.488 e. The summed E-state index contributed by atoms with van der Waals surface area (Å²) in [6, 6.07) is 16.3. The number of aryl methyl sites for hydroxylation is 1. The normalized spacial score (nSPS) is 17.5. The van der Waals surface area contributed by atoms with Crippen LogP contribution in [0.4, 0.5) is 0 Å². The molecule has 25 heavy (non-hydrogen) atoms. The van der Waals surface area contributed by atoms with E-state index in [0.29, 0.717) is 25.7 Å². The molecule has 1 heterocycles. The van der Waals surface area contributed by atoms with Crippen LogP contribution in [0.15, 0.2) is 53.5 Å². The second kappa shape index (κ2) is 8.53. The highest BCUT2D eigenvalue weighted by atomic mass is 16.5. The molecule has 0 saturated carbocycles. The van der Waals surface area contributed by atoms with Crippen molar-refractivity contribution >= 4 is 5.96 Å². The van der Waals surface area contributed by atoms with Gasteiger partial charge in [-0.05, 0) is 24.1 Å². The van der Waals surface area contributed by atoms with Gasteiger partial charge in [0.25, 0.3) is 0 Å². The molecule has 5 heteroatoms. The van der Waals surface area contributed by atoms with Gasteiger partial charge in [0.05, 0.1) is 19.8 Å². The molecule has 1 saturated heterocycles. The Bertz CT molecular complexity index is 710. The highest BCUT2D eigenvalue weighted by Crippen LogP contribution is 2.23. The van der Waals surface area contributed by atoms with Gasteiger partial charge in [-0.1, -0.05) is 42.5 Å². The fraction of sp³-hybridized carbons (Fsp3) is 0.350. The third-order valence-corrected chi connectivity index (χ3v) is 4.14. The summed E-state index contributed by atoms with van der Waals surface area (Å²) in [7, 11) is 0. The predicted octanol–water partition coefficient (Wildman–Crippen LogP) is 2.77. The Morgan fingerprint density at radius 1 is 1.28 bits per heavy atom. The molecule has 1 aliphatic rings. The predicted molar refractivity (Wildman–Crippen MR) is 99.6 cm³/mol. The van der Waals surface area contributed by atoms with Gasteiger partial charge in [-0.2, -0.15) is 0 Å². The van der Waals surface area contributed by atoms with Gasteiger partial charge in [-0.3, -0.25) is 0 Å². The van der Waals surface area contributed by atoms with Crippen molar-refractivity contribution in [2.75, 3.05) is 13.2 Å². The van der Waals surface area contributed by atoms with Crippen LogP contribution < -0.4 is 15.8 Å². The van der Waals surface area contributed by atoms with Gasteiger partial charge in [0.2, 0.25) is 0 Å². The quantitative estimate of drug-likeness (QED) is 0.627. The molecule has 3 rings (SSSR count). The second-order valence-corrected chi connectivity index (χ2v) is 6.26. The monoisotopic (exact) mass is 339 g/mol. The molecule has 2 aromatic carbocycles. The SMILES string of the molecule is Cc1ccc(CNC(N)=NCc2ccccc2)c(O[C@H]2CCOC2)c1. The number of ether oxygens (including phenoxy) is 2. The molecule has 3 N–H and O–H groups in total. The van der Waals surface area contributed by atoms with E-state index in [9.17, 15) is 0 Å². The summed E-state index contributed by atoms with van der Waals surface area (Å²) in [5.74, 6) is 1.32. The van der Waals surface area contributed by atoms with E-state index < -0.39 is 0 Å². The lowest BCUT2D eigenvalue weighted by molar-refractivity contribution is 0.140. The molecule has 1 aliphatic heterocycles. The molecule has 0 aliphatic carbocycles. The average molecular weight is 339 g/mol. The van der Waals surface area contributed by atoms with Gasteiger partial charge >= 0.3 is 0 Å². The lowest BCUT2D eigenvalue weighted by atomic mass is 10.1. The number of benzene rings is 2. The van der Waals surface area contributed by atoms with Crippen molar-refractivity contribution in [3.63, 3.8) is 0 Å². The van der Waals surface area contributed by atoms with E-state index in [-0.39, 0.29) is 6.10 Å². The van der Waals surface area contributed by atoms with E-state index in [0.717, 1.165) is 29.9 Å². The maximum Gasteiger partial charge on any atom is 0.189 e. The van der Waals surface area contributed by atoms with E-state index in [2.05, 4.69) is 35.4 Å². The van der Waals surface area contributed by atoms with Gasteiger partial charge in [-0.15, -0.1) is 0 Å². The molecule has 0 bridgehead atoms. The molecular weight excluding hydrogens is 314 g/mol.